The van der Waals surface area contributed by atoms with Crippen LogP contribution in [0.2, 0.25) is 0 Å². The molecule has 6 heavy (non-hydrogen) atoms. The third kappa shape index (κ3) is 2.16. The van der Waals surface area contributed by atoms with Gasteiger partial charge in [-0.15, -0.1) is 0 Å². The first-order valence-corrected chi connectivity index (χ1v) is 2.50. The Morgan fingerprint density at radius 1 is 0.500 bits per heavy atom. The van der Waals surface area contributed by atoms with Gasteiger partial charge < -0.3 is 0 Å². The maximum atomic E-state index is 1.50. The first-order valence-electron chi connectivity index (χ1n) is 2.50. The molecule has 0 aromatic rings. The van der Waals surface area contributed by atoms with Crippen LogP contribution in [0.25, 0.3) is 0 Å². The molecular weight excluding hydrogens is 264 g/mol. The number of rotatable bonds is 0. The van der Waals surface area contributed by atoms with Crippen molar-refractivity contribution in [1.82, 2.24) is 0 Å². The molecule has 0 spiro atoms. The van der Waals surface area contributed by atoms with Crippen molar-refractivity contribution < 1.29 is 0 Å². The summed E-state index contributed by atoms with van der Waals surface area (Å²) < 4.78 is 0. The Labute approximate surface area is 59.5 Å². The smallest absolute Gasteiger partial charge is 0 e. The van der Waals surface area contributed by atoms with Gasteiger partial charge in [-0.05, 0) is 0 Å². The van der Waals surface area contributed by atoms with Gasteiger partial charge in [0.25, 0.3) is 0 Å². The van der Waals surface area contributed by atoms with Gasteiger partial charge in [0.15, 0.2) is 0 Å². The molecule has 0 atom stereocenters. The Kier molecular flexibility index (Phi) is 4.72. The molecule has 0 saturated heterocycles. The molecule has 0 N–H and O–H groups in total. The summed E-state index contributed by atoms with van der Waals surface area (Å²) in [6.45, 7) is 0. The van der Waals surface area contributed by atoms with E-state index < -0.39 is 0 Å². The van der Waals surface area contributed by atoms with Gasteiger partial charge in [0.05, 0.1) is 0 Å². The molecular formula is C5H10Tl. The first-order chi connectivity index (χ1) is 2.50. The van der Waals surface area contributed by atoms with Gasteiger partial charge in [0, 0.05) is 27.3 Å². The number of hydrogen-bond donors (Lipinski definition) is 0. The SMILES string of the molecule is C1CCCC1.[Tl]. The summed E-state index contributed by atoms with van der Waals surface area (Å²) in [6.07, 6.45) is 7.50. The van der Waals surface area contributed by atoms with Crippen LogP contribution >= 0.6 is 0 Å². The Morgan fingerprint density at radius 2 is 0.667 bits per heavy atom. The van der Waals surface area contributed by atoms with Crippen molar-refractivity contribution in [2.75, 3.05) is 0 Å². The Balaban J connectivity index is 0.000000250. The molecule has 33 valence electrons. The van der Waals surface area contributed by atoms with Crippen LogP contribution in [0.15, 0.2) is 0 Å². The quantitative estimate of drug-likeness (QED) is 0.588. The fourth-order valence-corrected chi connectivity index (χ4v) is 0.884. The summed E-state index contributed by atoms with van der Waals surface area (Å²) in [5.74, 6) is 0. The van der Waals surface area contributed by atoms with Crippen LogP contribution in [0.5, 0.6) is 0 Å². The van der Waals surface area contributed by atoms with Crippen molar-refractivity contribution in [3.8, 4) is 0 Å². The molecule has 1 fully saturated rings. The fourth-order valence-electron chi connectivity index (χ4n) is 0.884. The van der Waals surface area contributed by atoms with Gasteiger partial charge in [-0.1, -0.05) is 32.1 Å². The van der Waals surface area contributed by atoms with Crippen molar-refractivity contribution in [1.29, 1.82) is 0 Å². The summed E-state index contributed by atoms with van der Waals surface area (Å²) in [5.41, 5.74) is 0. The normalized spacial score (nSPS) is 20.0. The van der Waals surface area contributed by atoms with Crippen LogP contribution in [-0.2, 0) is 0 Å². The molecule has 0 heterocycles. The van der Waals surface area contributed by atoms with Crippen LogP contribution < -0.4 is 0 Å². The molecule has 1 saturated carbocycles. The zero-order valence-corrected chi connectivity index (χ0v) is 8.60. The van der Waals surface area contributed by atoms with Crippen LogP contribution in [0.4, 0.5) is 0 Å². The van der Waals surface area contributed by atoms with Crippen molar-refractivity contribution in [3.63, 3.8) is 0 Å². The van der Waals surface area contributed by atoms with E-state index >= 15 is 0 Å². The van der Waals surface area contributed by atoms with E-state index in [-0.39, 0.29) is 27.3 Å². The minimum atomic E-state index is 0. The van der Waals surface area contributed by atoms with Crippen molar-refractivity contribution in [2.24, 2.45) is 0 Å². The largest absolute Gasteiger partial charge is 0.0533 e. The first kappa shape index (κ1) is 6.92. The molecule has 0 amide bonds. The average Bonchev–Trinajstić information content (AvgIpc) is 1.76. The van der Waals surface area contributed by atoms with Crippen molar-refractivity contribution in [3.05, 3.63) is 0 Å². The monoisotopic (exact) mass is 275 g/mol. The van der Waals surface area contributed by atoms with E-state index in [4.69, 9.17) is 0 Å². The molecule has 1 rings (SSSR count). The summed E-state index contributed by atoms with van der Waals surface area (Å²) in [4.78, 5) is 0. The summed E-state index contributed by atoms with van der Waals surface area (Å²) in [5, 5.41) is 0. The van der Waals surface area contributed by atoms with E-state index in [0.717, 1.165) is 0 Å². The average molecular weight is 275 g/mol. The minimum absolute atomic E-state index is 0. The van der Waals surface area contributed by atoms with E-state index in [1.807, 2.05) is 0 Å². The predicted octanol–water partition coefficient (Wildman–Crippen LogP) is 1.57. The molecule has 1 aliphatic carbocycles. The van der Waals surface area contributed by atoms with E-state index in [1.54, 1.807) is 0 Å². The third-order valence-corrected chi connectivity index (χ3v) is 1.25. The molecule has 0 nitrogen and oxygen atoms in total. The van der Waals surface area contributed by atoms with E-state index in [1.165, 1.54) is 32.1 Å². The molecule has 1 heteroatoms. The van der Waals surface area contributed by atoms with Crippen LogP contribution in [-0.4, -0.2) is 27.3 Å². The molecule has 1 radical (unpaired) electrons. The minimum Gasteiger partial charge on any atom is -0.0533 e. The second-order valence-electron chi connectivity index (χ2n) is 1.77. The third-order valence-electron chi connectivity index (χ3n) is 1.25. The van der Waals surface area contributed by atoms with E-state index in [0.29, 0.717) is 0 Å². The van der Waals surface area contributed by atoms with Crippen molar-refractivity contribution in [2.45, 2.75) is 32.1 Å². The summed E-state index contributed by atoms with van der Waals surface area (Å²) in [6, 6.07) is 0. The van der Waals surface area contributed by atoms with Crippen LogP contribution in [0, 0.1) is 0 Å². The van der Waals surface area contributed by atoms with Crippen LogP contribution in [0.3, 0.4) is 0 Å². The molecule has 0 aromatic heterocycles. The second kappa shape index (κ2) is 4.09. The van der Waals surface area contributed by atoms with Gasteiger partial charge in [-0.25, -0.2) is 0 Å². The Bertz CT molecular complexity index is 15.5. The number of hydrogen-bond acceptors (Lipinski definition) is 0. The second-order valence-corrected chi connectivity index (χ2v) is 1.77. The maximum Gasteiger partial charge on any atom is 0 e. The summed E-state index contributed by atoms with van der Waals surface area (Å²) in [7, 11) is 0. The zero-order chi connectivity index (χ0) is 3.54. The maximum absolute atomic E-state index is 1.50. The van der Waals surface area contributed by atoms with Crippen molar-refractivity contribution >= 4 is 27.3 Å². The molecule has 1 aliphatic rings. The topological polar surface area (TPSA) is 0 Å². The van der Waals surface area contributed by atoms with Gasteiger partial charge in [0.2, 0.25) is 0 Å². The predicted molar refractivity (Wildman–Crippen MR) is 28.8 cm³/mol. The van der Waals surface area contributed by atoms with Crippen LogP contribution in [0.1, 0.15) is 32.1 Å². The summed E-state index contributed by atoms with van der Waals surface area (Å²) >= 11 is 0. The molecule has 0 aromatic carbocycles. The fraction of sp³-hybridized carbons (Fsp3) is 1.00. The standard InChI is InChI=1S/C5H10.Tl/c1-2-4-5-3-1;/h1-5H2;. The molecule has 0 aliphatic heterocycles. The van der Waals surface area contributed by atoms with Gasteiger partial charge in [0.1, 0.15) is 0 Å². The van der Waals surface area contributed by atoms with E-state index in [2.05, 4.69) is 0 Å². The van der Waals surface area contributed by atoms with Gasteiger partial charge in [-0.3, -0.25) is 0 Å². The Morgan fingerprint density at radius 3 is 0.833 bits per heavy atom. The molecule has 0 unspecified atom stereocenters. The van der Waals surface area contributed by atoms with Gasteiger partial charge in [-0.2, -0.15) is 0 Å². The van der Waals surface area contributed by atoms with E-state index in [9.17, 15) is 0 Å². The van der Waals surface area contributed by atoms with Gasteiger partial charge >= 0.3 is 0 Å². The molecule has 0 bridgehead atoms. The Hall–Kier alpha value is 0.922. The zero-order valence-electron chi connectivity index (χ0n) is 4.11.